The summed E-state index contributed by atoms with van der Waals surface area (Å²) in [7, 11) is 0. The smallest absolute Gasteiger partial charge is 0.232 e. The summed E-state index contributed by atoms with van der Waals surface area (Å²) in [5.41, 5.74) is 0.766. The fourth-order valence-corrected chi connectivity index (χ4v) is 2.14. The first kappa shape index (κ1) is 13.1. The molecule has 2 amide bonds. The molecule has 0 aliphatic carbocycles. The number of para-hydroxylation sites is 1. The number of nitrogens with zero attached hydrogens (tertiary/aromatic N) is 2. The van der Waals surface area contributed by atoms with Crippen LogP contribution in [0.2, 0.25) is 0 Å². The number of hydrogen-bond acceptors (Lipinski definition) is 3. The van der Waals surface area contributed by atoms with Crippen molar-refractivity contribution in [2.75, 3.05) is 18.0 Å². The summed E-state index contributed by atoms with van der Waals surface area (Å²) < 4.78 is 0. The van der Waals surface area contributed by atoms with Crippen LogP contribution < -0.4 is 10.2 Å². The van der Waals surface area contributed by atoms with Crippen LogP contribution in [0.5, 0.6) is 0 Å². The number of rotatable bonds is 4. The van der Waals surface area contributed by atoms with Crippen LogP contribution in [0.25, 0.3) is 0 Å². The van der Waals surface area contributed by atoms with Crippen molar-refractivity contribution < 1.29 is 9.59 Å². The van der Waals surface area contributed by atoms with E-state index in [1.165, 1.54) is 0 Å². The van der Waals surface area contributed by atoms with Crippen LogP contribution in [-0.4, -0.2) is 24.9 Å². The minimum Gasteiger partial charge on any atom is -0.355 e. The molecule has 1 heterocycles. The number of amides is 2. The lowest BCUT2D eigenvalue weighted by Crippen LogP contribution is -2.37. The van der Waals surface area contributed by atoms with Gasteiger partial charge in [0.05, 0.1) is 18.4 Å². The zero-order valence-electron chi connectivity index (χ0n) is 10.5. The van der Waals surface area contributed by atoms with Gasteiger partial charge < -0.3 is 10.2 Å². The lowest BCUT2D eigenvalue weighted by atomic mass is 10.1. The maximum Gasteiger partial charge on any atom is 0.232 e. The van der Waals surface area contributed by atoms with Gasteiger partial charge in [-0.1, -0.05) is 18.2 Å². The molecule has 5 heteroatoms. The van der Waals surface area contributed by atoms with E-state index in [1.807, 2.05) is 36.4 Å². The minimum atomic E-state index is -0.327. The van der Waals surface area contributed by atoms with Gasteiger partial charge in [0.25, 0.3) is 0 Å². The summed E-state index contributed by atoms with van der Waals surface area (Å²) in [6.07, 6.45) is 0.503. The van der Waals surface area contributed by atoms with Crippen LogP contribution >= 0.6 is 0 Å². The second-order valence-electron chi connectivity index (χ2n) is 4.44. The molecule has 0 spiro atoms. The van der Waals surface area contributed by atoms with Crippen molar-refractivity contribution in [1.82, 2.24) is 5.32 Å². The fraction of sp³-hybridized carbons (Fsp3) is 0.357. The Bertz CT molecular complexity index is 507. The lowest BCUT2D eigenvalue weighted by molar-refractivity contribution is -0.124. The molecular formula is C14H15N3O2. The molecule has 1 atom stereocenters. The van der Waals surface area contributed by atoms with Crippen molar-refractivity contribution in [2.24, 2.45) is 5.92 Å². The number of carbonyl (C=O) groups is 2. The second kappa shape index (κ2) is 6.01. The number of nitriles is 1. The molecule has 1 aromatic rings. The number of nitrogens with one attached hydrogen (secondary N) is 1. The average Bonchev–Trinajstić information content (AvgIpc) is 2.87. The molecule has 1 aromatic carbocycles. The largest absolute Gasteiger partial charge is 0.355 e. The maximum absolute atomic E-state index is 12.4. The molecule has 0 aromatic heterocycles. The van der Waals surface area contributed by atoms with E-state index in [9.17, 15) is 9.59 Å². The lowest BCUT2D eigenvalue weighted by Gasteiger charge is -2.24. The number of anilines is 1. The van der Waals surface area contributed by atoms with Crippen molar-refractivity contribution in [3.05, 3.63) is 30.3 Å². The van der Waals surface area contributed by atoms with E-state index in [1.54, 1.807) is 4.90 Å². The molecule has 1 N–H and O–H groups in total. The fourth-order valence-electron chi connectivity index (χ4n) is 2.14. The van der Waals surface area contributed by atoms with E-state index in [2.05, 4.69) is 5.32 Å². The Morgan fingerprint density at radius 3 is 2.74 bits per heavy atom. The Kier molecular flexibility index (Phi) is 4.14. The molecule has 0 radical (unpaired) electrons. The summed E-state index contributed by atoms with van der Waals surface area (Å²) in [6.45, 7) is 0.734. The third kappa shape index (κ3) is 3.10. The van der Waals surface area contributed by atoms with Gasteiger partial charge >= 0.3 is 0 Å². The van der Waals surface area contributed by atoms with Crippen LogP contribution in [0, 0.1) is 17.2 Å². The van der Waals surface area contributed by atoms with E-state index in [-0.39, 0.29) is 30.6 Å². The zero-order chi connectivity index (χ0) is 13.7. The molecule has 2 rings (SSSR count). The van der Waals surface area contributed by atoms with Crippen molar-refractivity contribution >= 4 is 17.5 Å². The Labute approximate surface area is 111 Å². The molecule has 1 fully saturated rings. The van der Waals surface area contributed by atoms with E-state index in [0.717, 1.165) is 5.69 Å². The third-order valence-corrected chi connectivity index (χ3v) is 3.11. The maximum atomic E-state index is 12.4. The van der Waals surface area contributed by atoms with E-state index in [0.29, 0.717) is 13.1 Å². The van der Waals surface area contributed by atoms with E-state index < -0.39 is 0 Å². The molecule has 1 aliphatic heterocycles. The predicted octanol–water partition coefficient (Wildman–Crippen LogP) is 1.07. The van der Waals surface area contributed by atoms with Crippen molar-refractivity contribution in [2.45, 2.75) is 12.8 Å². The monoisotopic (exact) mass is 257 g/mol. The van der Waals surface area contributed by atoms with Gasteiger partial charge in [-0.25, -0.2) is 0 Å². The summed E-state index contributed by atoms with van der Waals surface area (Å²) in [4.78, 5) is 25.2. The van der Waals surface area contributed by atoms with Crippen molar-refractivity contribution in [3.8, 4) is 6.07 Å². The standard InChI is InChI=1S/C14H15N3O2/c15-7-4-8-17(12-5-2-1-3-6-12)14(19)11-9-13(18)16-10-11/h1-3,5-6,11H,4,8-10H2,(H,16,18). The van der Waals surface area contributed by atoms with Crippen molar-refractivity contribution in [1.29, 1.82) is 5.26 Å². The second-order valence-corrected chi connectivity index (χ2v) is 4.44. The van der Waals surface area contributed by atoms with Gasteiger partial charge in [0.1, 0.15) is 0 Å². The topological polar surface area (TPSA) is 73.2 Å². The van der Waals surface area contributed by atoms with Crippen molar-refractivity contribution in [3.63, 3.8) is 0 Å². The number of hydrogen-bond donors (Lipinski definition) is 1. The molecule has 1 aliphatic rings. The quantitative estimate of drug-likeness (QED) is 0.876. The van der Waals surface area contributed by atoms with Gasteiger partial charge in [-0.3, -0.25) is 9.59 Å². The van der Waals surface area contributed by atoms with Gasteiger partial charge in [0.2, 0.25) is 11.8 Å². The summed E-state index contributed by atoms with van der Waals surface area (Å²) in [5, 5.41) is 11.4. The predicted molar refractivity (Wildman–Crippen MR) is 70.1 cm³/mol. The summed E-state index contributed by atoms with van der Waals surface area (Å²) >= 11 is 0. The first-order valence-electron chi connectivity index (χ1n) is 6.22. The molecule has 5 nitrogen and oxygen atoms in total. The normalized spacial score (nSPS) is 17.6. The molecule has 98 valence electrons. The molecular weight excluding hydrogens is 242 g/mol. The van der Waals surface area contributed by atoms with Gasteiger partial charge in [-0.15, -0.1) is 0 Å². The highest BCUT2D eigenvalue weighted by atomic mass is 16.2. The first-order valence-corrected chi connectivity index (χ1v) is 6.22. The molecule has 1 unspecified atom stereocenters. The third-order valence-electron chi connectivity index (χ3n) is 3.11. The average molecular weight is 257 g/mol. The summed E-state index contributed by atoms with van der Waals surface area (Å²) in [5.74, 6) is -0.516. The molecule has 1 saturated heterocycles. The van der Waals surface area contributed by atoms with Crippen LogP contribution in [0.1, 0.15) is 12.8 Å². The first-order chi connectivity index (χ1) is 9.22. The summed E-state index contributed by atoms with van der Waals surface area (Å²) in [6, 6.07) is 11.3. The number of benzene rings is 1. The van der Waals surface area contributed by atoms with Crippen LogP contribution in [0.4, 0.5) is 5.69 Å². The molecule has 0 bridgehead atoms. The van der Waals surface area contributed by atoms with Gasteiger partial charge in [0.15, 0.2) is 0 Å². The van der Waals surface area contributed by atoms with E-state index >= 15 is 0 Å². The Hall–Kier alpha value is -2.35. The van der Waals surface area contributed by atoms with Gasteiger partial charge in [0, 0.05) is 25.2 Å². The van der Waals surface area contributed by atoms with Crippen LogP contribution in [0.3, 0.4) is 0 Å². The molecule has 19 heavy (non-hydrogen) atoms. The zero-order valence-corrected chi connectivity index (χ0v) is 10.5. The van der Waals surface area contributed by atoms with Gasteiger partial charge in [-0.05, 0) is 12.1 Å². The number of carbonyl (C=O) groups excluding carboxylic acids is 2. The van der Waals surface area contributed by atoms with Gasteiger partial charge in [-0.2, -0.15) is 5.26 Å². The Morgan fingerprint density at radius 1 is 1.42 bits per heavy atom. The highest BCUT2D eigenvalue weighted by Gasteiger charge is 2.31. The Balaban J connectivity index is 2.16. The van der Waals surface area contributed by atoms with E-state index in [4.69, 9.17) is 5.26 Å². The van der Waals surface area contributed by atoms with Crippen LogP contribution in [0.15, 0.2) is 30.3 Å². The highest BCUT2D eigenvalue weighted by molar-refractivity contribution is 5.99. The highest BCUT2D eigenvalue weighted by Crippen LogP contribution is 2.20. The SMILES string of the molecule is N#CCCN(C(=O)C1CNC(=O)C1)c1ccccc1. The minimum absolute atomic E-state index is 0.0911. The molecule has 0 saturated carbocycles. The Morgan fingerprint density at radius 2 is 2.16 bits per heavy atom. The van der Waals surface area contributed by atoms with Crippen LogP contribution in [-0.2, 0) is 9.59 Å².